The van der Waals surface area contributed by atoms with Crippen LogP contribution in [0.15, 0.2) is 17.0 Å². The molecule has 4 nitrogen and oxygen atoms in total. The minimum absolute atomic E-state index is 0.0228. The van der Waals surface area contributed by atoms with Gasteiger partial charge in [-0.25, -0.2) is 13.1 Å². The van der Waals surface area contributed by atoms with Gasteiger partial charge in [0, 0.05) is 16.1 Å². The smallest absolute Gasteiger partial charge is 0.242 e. The summed E-state index contributed by atoms with van der Waals surface area (Å²) >= 11 is 11.9. The fourth-order valence-corrected chi connectivity index (χ4v) is 4.48. The van der Waals surface area contributed by atoms with Gasteiger partial charge in [-0.1, -0.05) is 23.2 Å². The zero-order chi connectivity index (χ0) is 14.3. The molecule has 0 saturated heterocycles. The second-order valence-electron chi connectivity index (χ2n) is 5.02. The van der Waals surface area contributed by atoms with E-state index in [1.165, 1.54) is 12.1 Å². The molecule has 1 aliphatic carbocycles. The third-order valence-corrected chi connectivity index (χ3v) is 6.01. The van der Waals surface area contributed by atoms with E-state index in [0.29, 0.717) is 0 Å². The molecule has 2 N–H and O–H groups in total. The minimum atomic E-state index is -3.71. The molecule has 0 radical (unpaired) electrons. The van der Waals surface area contributed by atoms with Crippen LogP contribution in [0.1, 0.15) is 31.7 Å². The Labute approximate surface area is 122 Å². The Kier molecular flexibility index (Phi) is 4.14. The fraction of sp³-hybridized carbons (Fsp3) is 0.500. The molecule has 0 aromatic heterocycles. The highest BCUT2D eigenvalue weighted by Crippen LogP contribution is 2.35. The molecule has 19 heavy (non-hydrogen) atoms. The van der Waals surface area contributed by atoms with Gasteiger partial charge >= 0.3 is 0 Å². The lowest BCUT2D eigenvalue weighted by Crippen LogP contribution is -2.50. The van der Waals surface area contributed by atoms with Crippen LogP contribution in [0, 0.1) is 0 Å². The van der Waals surface area contributed by atoms with E-state index < -0.39 is 22.2 Å². The van der Waals surface area contributed by atoms with Gasteiger partial charge in [-0.15, -0.1) is 0 Å². The molecule has 1 aromatic carbocycles. The van der Waals surface area contributed by atoms with E-state index in [0.717, 1.165) is 19.3 Å². The second-order valence-corrected chi connectivity index (χ2v) is 7.45. The van der Waals surface area contributed by atoms with Crippen LogP contribution in [0.5, 0.6) is 0 Å². The van der Waals surface area contributed by atoms with E-state index in [9.17, 15) is 13.5 Å². The van der Waals surface area contributed by atoms with Crippen LogP contribution in [-0.2, 0) is 16.6 Å². The van der Waals surface area contributed by atoms with E-state index in [-0.39, 0.29) is 20.5 Å². The van der Waals surface area contributed by atoms with E-state index >= 15 is 0 Å². The Hall–Kier alpha value is -0.330. The number of aliphatic hydroxyl groups excluding tert-OH is 1. The van der Waals surface area contributed by atoms with Crippen molar-refractivity contribution in [3.8, 4) is 0 Å². The first-order valence-electron chi connectivity index (χ1n) is 5.91. The summed E-state index contributed by atoms with van der Waals surface area (Å²) in [6.45, 7) is 1.46. The molecule has 0 atom stereocenters. The molecule has 1 aliphatic rings. The van der Waals surface area contributed by atoms with E-state index in [2.05, 4.69) is 4.72 Å². The molecular formula is C12H15Cl2NO3S. The predicted octanol–water partition coefficient (Wildman–Crippen LogP) is 2.71. The van der Waals surface area contributed by atoms with Crippen molar-refractivity contribution >= 4 is 33.2 Å². The van der Waals surface area contributed by atoms with Crippen LogP contribution < -0.4 is 4.72 Å². The topological polar surface area (TPSA) is 66.4 Å². The number of aliphatic hydroxyl groups is 1. The Balaban J connectivity index is 2.41. The van der Waals surface area contributed by atoms with Crippen molar-refractivity contribution in [2.75, 3.05) is 0 Å². The maximum atomic E-state index is 12.3. The lowest BCUT2D eigenvalue weighted by molar-refractivity contribution is 0.248. The molecule has 0 amide bonds. The standard InChI is InChI=1S/C12H15Cl2NO3S/c1-12(5-2-6-12)15-19(17,18)10-4-3-9(13)8(7-16)11(10)14/h3-4,15-16H,2,5-7H2,1H3. The number of hydrogen-bond acceptors (Lipinski definition) is 3. The number of rotatable bonds is 4. The minimum Gasteiger partial charge on any atom is -0.392 e. The molecule has 7 heteroatoms. The van der Waals surface area contributed by atoms with E-state index in [1.54, 1.807) is 0 Å². The molecular weight excluding hydrogens is 309 g/mol. The fourth-order valence-electron chi connectivity index (χ4n) is 2.12. The van der Waals surface area contributed by atoms with Crippen molar-refractivity contribution in [1.82, 2.24) is 4.72 Å². The molecule has 0 unspecified atom stereocenters. The maximum Gasteiger partial charge on any atom is 0.242 e. The first-order valence-corrected chi connectivity index (χ1v) is 8.15. The number of sulfonamides is 1. The SMILES string of the molecule is CC1(NS(=O)(=O)c2ccc(Cl)c(CO)c2Cl)CCC1. The van der Waals surface area contributed by atoms with Crippen LogP contribution >= 0.6 is 23.2 Å². The summed E-state index contributed by atoms with van der Waals surface area (Å²) in [5, 5.41) is 9.42. The highest BCUT2D eigenvalue weighted by atomic mass is 35.5. The van der Waals surface area contributed by atoms with Crippen LogP contribution in [0.25, 0.3) is 0 Å². The highest BCUT2D eigenvalue weighted by molar-refractivity contribution is 7.89. The molecule has 1 fully saturated rings. The van der Waals surface area contributed by atoms with Crippen molar-refractivity contribution in [2.24, 2.45) is 0 Å². The zero-order valence-electron chi connectivity index (χ0n) is 10.4. The second kappa shape index (κ2) is 5.22. The zero-order valence-corrected chi connectivity index (χ0v) is 12.7. The summed E-state index contributed by atoms with van der Waals surface area (Å²) < 4.78 is 27.3. The van der Waals surface area contributed by atoms with E-state index in [4.69, 9.17) is 23.2 Å². The van der Waals surface area contributed by atoms with Crippen LogP contribution in [-0.4, -0.2) is 19.1 Å². The number of halogens is 2. The number of hydrogen-bond donors (Lipinski definition) is 2. The van der Waals surface area contributed by atoms with Gasteiger partial charge in [0.1, 0.15) is 4.90 Å². The third-order valence-electron chi connectivity index (χ3n) is 3.44. The molecule has 0 aliphatic heterocycles. The summed E-state index contributed by atoms with van der Waals surface area (Å²) in [5.74, 6) is 0. The van der Waals surface area contributed by atoms with Crippen LogP contribution in [0.3, 0.4) is 0 Å². The van der Waals surface area contributed by atoms with Gasteiger partial charge in [0.15, 0.2) is 0 Å². The molecule has 2 rings (SSSR count). The Morgan fingerprint density at radius 2 is 2.00 bits per heavy atom. The lowest BCUT2D eigenvalue weighted by Gasteiger charge is -2.38. The molecule has 106 valence electrons. The van der Waals surface area contributed by atoms with Crippen LogP contribution in [0.2, 0.25) is 10.0 Å². The van der Waals surface area contributed by atoms with Gasteiger partial charge in [0.05, 0.1) is 11.6 Å². The summed E-state index contributed by atoms with van der Waals surface area (Å²) in [5.41, 5.74) is -0.175. The van der Waals surface area contributed by atoms with E-state index in [1.807, 2.05) is 6.92 Å². The van der Waals surface area contributed by atoms with Crippen molar-refractivity contribution in [3.63, 3.8) is 0 Å². The van der Waals surface area contributed by atoms with Gasteiger partial charge in [0.25, 0.3) is 0 Å². The third kappa shape index (κ3) is 2.90. The Morgan fingerprint density at radius 1 is 1.37 bits per heavy atom. The molecule has 0 spiro atoms. The van der Waals surface area contributed by atoms with Crippen molar-refractivity contribution in [2.45, 2.75) is 43.2 Å². The summed E-state index contributed by atoms with van der Waals surface area (Å²) in [6.07, 6.45) is 2.63. The summed E-state index contributed by atoms with van der Waals surface area (Å²) in [6, 6.07) is 2.78. The van der Waals surface area contributed by atoms with Gasteiger partial charge in [0.2, 0.25) is 10.0 Å². The Bertz CT molecular complexity index is 597. The summed E-state index contributed by atoms with van der Waals surface area (Å²) in [4.78, 5) is -0.0456. The Morgan fingerprint density at radius 3 is 2.47 bits per heavy atom. The van der Waals surface area contributed by atoms with Gasteiger partial charge in [-0.2, -0.15) is 0 Å². The van der Waals surface area contributed by atoms with Crippen molar-refractivity contribution in [3.05, 3.63) is 27.7 Å². The van der Waals surface area contributed by atoms with Crippen molar-refractivity contribution in [1.29, 1.82) is 0 Å². The average molecular weight is 324 g/mol. The number of nitrogens with one attached hydrogen (secondary N) is 1. The maximum absolute atomic E-state index is 12.3. The first-order chi connectivity index (χ1) is 8.79. The van der Waals surface area contributed by atoms with Crippen molar-refractivity contribution < 1.29 is 13.5 Å². The largest absolute Gasteiger partial charge is 0.392 e. The molecule has 0 bridgehead atoms. The lowest BCUT2D eigenvalue weighted by atomic mass is 9.80. The number of benzene rings is 1. The molecule has 1 aromatic rings. The highest BCUT2D eigenvalue weighted by Gasteiger charge is 2.37. The average Bonchev–Trinajstić information content (AvgIpc) is 2.26. The van der Waals surface area contributed by atoms with Gasteiger partial charge < -0.3 is 5.11 Å². The molecule has 1 saturated carbocycles. The summed E-state index contributed by atoms with van der Waals surface area (Å²) in [7, 11) is -3.71. The van der Waals surface area contributed by atoms with Crippen LogP contribution in [0.4, 0.5) is 0 Å². The predicted molar refractivity (Wildman–Crippen MR) is 75.0 cm³/mol. The normalized spacial score (nSPS) is 18.1. The molecule has 0 heterocycles. The first kappa shape index (κ1) is 15.1. The van der Waals surface area contributed by atoms with Gasteiger partial charge in [-0.3, -0.25) is 0 Å². The monoisotopic (exact) mass is 323 g/mol. The quantitative estimate of drug-likeness (QED) is 0.895. The van der Waals surface area contributed by atoms with Gasteiger partial charge in [-0.05, 0) is 38.3 Å².